The Balaban J connectivity index is 1.69. The van der Waals surface area contributed by atoms with Gasteiger partial charge in [-0.15, -0.1) is 11.3 Å². The Labute approximate surface area is 130 Å². The Bertz CT molecular complexity index is 719. The lowest BCUT2D eigenvalue weighted by atomic mass is 10.2. The highest BCUT2D eigenvalue weighted by atomic mass is 32.2. The van der Waals surface area contributed by atoms with Gasteiger partial charge < -0.3 is 4.57 Å². The second-order valence-corrected chi connectivity index (χ2v) is 6.24. The van der Waals surface area contributed by atoms with Crippen molar-refractivity contribution in [3.8, 4) is 10.6 Å². The van der Waals surface area contributed by atoms with Crippen LogP contribution in [0.2, 0.25) is 0 Å². The Kier molecular flexibility index (Phi) is 4.36. The first-order chi connectivity index (χ1) is 10.3. The summed E-state index contributed by atoms with van der Waals surface area (Å²) in [4.78, 5) is 8.94. The molecule has 0 aliphatic carbocycles. The highest BCUT2D eigenvalue weighted by Crippen LogP contribution is 2.27. The van der Waals surface area contributed by atoms with Gasteiger partial charge in [0, 0.05) is 35.6 Å². The summed E-state index contributed by atoms with van der Waals surface area (Å²) in [6.45, 7) is 3.02. The molecule has 2 aromatic heterocycles. The summed E-state index contributed by atoms with van der Waals surface area (Å²) < 4.78 is 15.0. The van der Waals surface area contributed by atoms with Crippen LogP contribution in [0.4, 0.5) is 4.39 Å². The van der Waals surface area contributed by atoms with E-state index in [1.165, 1.54) is 12.1 Å². The summed E-state index contributed by atoms with van der Waals surface area (Å²) in [5, 5.41) is 3.98. The number of halogens is 1. The Morgan fingerprint density at radius 3 is 2.86 bits per heavy atom. The second-order valence-electron chi connectivity index (χ2n) is 4.44. The summed E-state index contributed by atoms with van der Waals surface area (Å²) in [6.07, 6.45) is 3.80. The zero-order valence-corrected chi connectivity index (χ0v) is 13.1. The number of hydrogen-bond donors (Lipinski definition) is 0. The normalized spacial score (nSPS) is 11.0. The zero-order chi connectivity index (χ0) is 14.7. The van der Waals surface area contributed by atoms with E-state index >= 15 is 0 Å². The maximum atomic E-state index is 12.9. The molecule has 3 nitrogen and oxygen atoms in total. The smallest absolute Gasteiger partial charge is 0.168 e. The number of aromatic nitrogens is 3. The maximum Gasteiger partial charge on any atom is 0.168 e. The third-order valence-corrected chi connectivity index (χ3v) is 4.99. The molecule has 0 bridgehead atoms. The molecule has 2 heterocycles. The molecule has 3 rings (SSSR count). The molecule has 0 spiro atoms. The van der Waals surface area contributed by atoms with E-state index in [1.807, 2.05) is 17.8 Å². The molecule has 0 fully saturated rings. The molecule has 0 unspecified atom stereocenters. The standard InChI is InChI=1S/C15H14FN3S2/c1-2-19-8-7-17-15(19)21-10-13-9-20-14(18-13)11-3-5-12(16)6-4-11/h3-9H,2,10H2,1H3. The number of aryl methyl sites for hydroxylation is 1. The van der Waals surface area contributed by atoms with Crippen molar-refractivity contribution in [2.45, 2.75) is 24.4 Å². The number of nitrogens with zero attached hydrogens (tertiary/aromatic N) is 3. The van der Waals surface area contributed by atoms with Gasteiger partial charge in [0.1, 0.15) is 10.8 Å². The number of hydrogen-bond acceptors (Lipinski definition) is 4. The molecule has 6 heteroatoms. The molecule has 21 heavy (non-hydrogen) atoms. The fraction of sp³-hybridized carbons (Fsp3) is 0.200. The highest BCUT2D eigenvalue weighted by Gasteiger charge is 2.07. The Hall–Kier alpha value is -1.66. The molecule has 0 atom stereocenters. The quantitative estimate of drug-likeness (QED) is 0.651. The van der Waals surface area contributed by atoms with Gasteiger partial charge in [-0.2, -0.15) is 0 Å². The van der Waals surface area contributed by atoms with Crippen LogP contribution in [0.1, 0.15) is 12.6 Å². The number of thioether (sulfide) groups is 1. The first-order valence-electron chi connectivity index (χ1n) is 6.60. The molecule has 0 saturated heterocycles. The van der Waals surface area contributed by atoms with Gasteiger partial charge in [-0.25, -0.2) is 14.4 Å². The van der Waals surface area contributed by atoms with E-state index in [1.54, 1.807) is 35.2 Å². The molecular weight excluding hydrogens is 305 g/mol. The molecule has 0 saturated carbocycles. The van der Waals surface area contributed by atoms with E-state index in [4.69, 9.17) is 0 Å². The third-order valence-electron chi connectivity index (χ3n) is 3.01. The summed E-state index contributed by atoms with van der Waals surface area (Å²) in [5.41, 5.74) is 1.97. The first-order valence-corrected chi connectivity index (χ1v) is 8.47. The van der Waals surface area contributed by atoms with Gasteiger partial charge in [0.25, 0.3) is 0 Å². The minimum atomic E-state index is -0.225. The summed E-state index contributed by atoms with van der Waals surface area (Å²) in [7, 11) is 0. The van der Waals surface area contributed by atoms with Gasteiger partial charge in [0.2, 0.25) is 0 Å². The summed E-state index contributed by atoms with van der Waals surface area (Å²) in [6, 6.07) is 6.44. The fourth-order valence-electron chi connectivity index (χ4n) is 1.91. The lowest BCUT2D eigenvalue weighted by Gasteiger charge is -2.02. The van der Waals surface area contributed by atoms with Crippen molar-refractivity contribution in [1.82, 2.24) is 14.5 Å². The van der Waals surface area contributed by atoms with E-state index in [0.717, 1.165) is 33.7 Å². The van der Waals surface area contributed by atoms with Crippen LogP contribution >= 0.6 is 23.1 Å². The van der Waals surface area contributed by atoms with E-state index in [2.05, 4.69) is 21.5 Å². The largest absolute Gasteiger partial charge is 0.326 e. The number of benzene rings is 1. The van der Waals surface area contributed by atoms with E-state index < -0.39 is 0 Å². The average Bonchev–Trinajstić information content (AvgIpc) is 3.14. The minimum Gasteiger partial charge on any atom is -0.326 e. The molecule has 0 aliphatic heterocycles. The second kappa shape index (κ2) is 6.41. The van der Waals surface area contributed by atoms with Gasteiger partial charge in [-0.05, 0) is 31.2 Å². The van der Waals surface area contributed by atoms with E-state index in [-0.39, 0.29) is 5.82 Å². The predicted octanol–water partition coefficient (Wildman–Crippen LogP) is 4.46. The molecule has 108 valence electrons. The topological polar surface area (TPSA) is 30.7 Å². The van der Waals surface area contributed by atoms with Gasteiger partial charge in [0.05, 0.1) is 5.69 Å². The third kappa shape index (κ3) is 3.33. The number of thiazole rings is 1. The van der Waals surface area contributed by atoms with Gasteiger partial charge in [-0.3, -0.25) is 0 Å². The molecule has 1 aromatic carbocycles. The van der Waals surface area contributed by atoms with Gasteiger partial charge in [0.15, 0.2) is 5.16 Å². The van der Waals surface area contributed by atoms with Crippen molar-refractivity contribution in [1.29, 1.82) is 0 Å². The van der Waals surface area contributed by atoms with Crippen LogP contribution in [0.25, 0.3) is 10.6 Å². The predicted molar refractivity (Wildman–Crippen MR) is 85.0 cm³/mol. The van der Waals surface area contributed by atoms with Crippen LogP contribution in [-0.2, 0) is 12.3 Å². The van der Waals surface area contributed by atoms with Crippen LogP contribution in [0.5, 0.6) is 0 Å². The maximum absolute atomic E-state index is 12.9. The zero-order valence-electron chi connectivity index (χ0n) is 11.5. The lowest BCUT2D eigenvalue weighted by Crippen LogP contribution is -1.94. The molecule has 3 aromatic rings. The van der Waals surface area contributed by atoms with Crippen LogP contribution in [-0.4, -0.2) is 14.5 Å². The SMILES string of the molecule is CCn1ccnc1SCc1csc(-c2ccc(F)cc2)n1. The Morgan fingerprint density at radius 2 is 2.10 bits per heavy atom. The lowest BCUT2D eigenvalue weighted by molar-refractivity contribution is 0.628. The first kappa shape index (κ1) is 14.3. The summed E-state index contributed by atoms with van der Waals surface area (Å²) in [5.74, 6) is 0.562. The molecule has 0 amide bonds. The molecule has 0 aliphatic rings. The summed E-state index contributed by atoms with van der Waals surface area (Å²) >= 11 is 3.26. The van der Waals surface area contributed by atoms with Crippen molar-refractivity contribution < 1.29 is 4.39 Å². The number of imidazole rings is 1. The van der Waals surface area contributed by atoms with Crippen molar-refractivity contribution in [2.75, 3.05) is 0 Å². The molecular formula is C15H14FN3S2. The number of rotatable bonds is 5. The van der Waals surface area contributed by atoms with Crippen LogP contribution in [0, 0.1) is 5.82 Å². The van der Waals surface area contributed by atoms with Crippen molar-refractivity contribution in [3.05, 3.63) is 53.6 Å². The van der Waals surface area contributed by atoms with Crippen LogP contribution in [0.3, 0.4) is 0 Å². The molecule has 0 N–H and O–H groups in total. The van der Waals surface area contributed by atoms with E-state index in [9.17, 15) is 4.39 Å². The van der Waals surface area contributed by atoms with Crippen LogP contribution in [0.15, 0.2) is 47.2 Å². The monoisotopic (exact) mass is 319 g/mol. The van der Waals surface area contributed by atoms with Gasteiger partial charge in [-0.1, -0.05) is 11.8 Å². The van der Waals surface area contributed by atoms with E-state index in [0.29, 0.717) is 0 Å². The van der Waals surface area contributed by atoms with Gasteiger partial charge >= 0.3 is 0 Å². The minimum absolute atomic E-state index is 0.225. The van der Waals surface area contributed by atoms with Crippen molar-refractivity contribution in [3.63, 3.8) is 0 Å². The van der Waals surface area contributed by atoms with Crippen molar-refractivity contribution in [2.24, 2.45) is 0 Å². The Morgan fingerprint density at radius 1 is 1.29 bits per heavy atom. The van der Waals surface area contributed by atoms with Crippen molar-refractivity contribution >= 4 is 23.1 Å². The fourth-order valence-corrected chi connectivity index (χ4v) is 3.76. The average molecular weight is 319 g/mol. The van der Waals surface area contributed by atoms with Crippen LogP contribution < -0.4 is 0 Å². The highest BCUT2D eigenvalue weighted by molar-refractivity contribution is 7.98. The molecule has 0 radical (unpaired) electrons.